The Kier molecular flexibility index (Phi) is 6.74. The molecule has 0 aromatic rings. The minimum Gasteiger partial charge on any atom is -0.481 e. The summed E-state index contributed by atoms with van der Waals surface area (Å²) in [7, 11) is -4.57. The topological polar surface area (TPSA) is 157 Å². The lowest BCUT2D eigenvalue weighted by Crippen LogP contribution is -2.47. The van der Waals surface area contributed by atoms with E-state index in [-0.39, 0.29) is 13.2 Å². The fraction of sp³-hybridized carbons (Fsp3) is 0.833. The number of hydroxylamine groups is 2. The molecule has 2 fully saturated rings. The molecule has 3 atom stereocenters. The van der Waals surface area contributed by atoms with Crippen molar-refractivity contribution in [2.24, 2.45) is 22.5 Å². The minimum atomic E-state index is -4.57. The zero-order chi connectivity index (χ0) is 23.1. The Labute approximate surface area is 176 Å². The van der Waals surface area contributed by atoms with Gasteiger partial charge in [0.2, 0.25) is 5.91 Å². The van der Waals surface area contributed by atoms with Crippen LogP contribution in [0, 0.1) is 16.7 Å². The van der Waals surface area contributed by atoms with Crippen molar-refractivity contribution in [3.05, 3.63) is 0 Å². The van der Waals surface area contributed by atoms with Crippen LogP contribution < -0.4 is 5.73 Å². The lowest BCUT2D eigenvalue weighted by atomic mass is 9.64. The van der Waals surface area contributed by atoms with Crippen LogP contribution >= 0.6 is 0 Å². The maximum atomic E-state index is 12.5. The molecule has 2 heterocycles. The number of urea groups is 1. The Balaban J connectivity index is 2.03. The zero-order valence-corrected chi connectivity index (χ0v) is 18.8. The van der Waals surface area contributed by atoms with Crippen LogP contribution in [0.15, 0.2) is 0 Å². The van der Waals surface area contributed by atoms with Crippen molar-refractivity contribution in [2.75, 3.05) is 13.2 Å². The van der Waals surface area contributed by atoms with Gasteiger partial charge < -0.3 is 15.7 Å². The molecule has 172 valence electrons. The van der Waals surface area contributed by atoms with Gasteiger partial charge in [0.15, 0.2) is 0 Å². The second kappa shape index (κ2) is 8.31. The van der Waals surface area contributed by atoms with Gasteiger partial charge in [-0.1, -0.05) is 34.6 Å². The van der Waals surface area contributed by atoms with Crippen LogP contribution in [0.1, 0.15) is 53.9 Å². The first kappa shape index (κ1) is 24.4. The first-order valence-electron chi connectivity index (χ1n) is 9.79. The fourth-order valence-corrected chi connectivity index (χ4v) is 4.55. The molecule has 0 saturated carbocycles. The molecule has 0 radical (unpaired) electrons. The third-order valence-electron chi connectivity index (χ3n) is 6.46. The highest BCUT2D eigenvalue weighted by Crippen LogP contribution is 2.44. The second-order valence-electron chi connectivity index (χ2n) is 9.37. The van der Waals surface area contributed by atoms with Gasteiger partial charge in [-0.3, -0.25) is 9.59 Å². The Morgan fingerprint density at radius 2 is 1.83 bits per heavy atom. The standard InChI is InChI=1S/C18H31N3O8S/c1-11(15(23)24)8-17(2,3)18(4,5)10-28-30(26,27)29-21-12-6-7-13(14(19)22)20(9-12)16(21)25/h11-13H,6-10H2,1-5H3,(H2,19,22)(H,23,24)/t11?,12-,13+/m1/s1. The summed E-state index contributed by atoms with van der Waals surface area (Å²) >= 11 is 0. The van der Waals surface area contributed by atoms with Gasteiger partial charge in [-0.2, -0.15) is 13.5 Å². The van der Waals surface area contributed by atoms with Crippen molar-refractivity contribution in [3.8, 4) is 0 Å². The summed E-state index contributed by atoms with van der Waals surface area (Å²) < 4.78 is 34.8. The molecule has 12 heteroatoms. The maximum Gasteiger partial charge on any atom is 0.421 e. The Morgan fingerprint density at radius 1 is 1.23 bits per heavy atom. The molecule has 0 aromatic heterocycles. The van der Waals surface area contributed by atoms with Gasteiger partial charge in [-0.05, 0) is 30.1 Å². The van der Waals surface area contributed by atoms with Gasteiger partial charge in [0.25, 0.3) is 0 Å². The van der Waals surface area contributed by atoms with Crippen LogP contribution in [0.2, 0.25) is 0 Å². The average Bonchev–Trinajstić information content (AvgIpc) is 2.84. The second-order valence-corrected chi connectivity index (χ2v) is 10.6. The number of carboxylic acid groups (broad SMARTS) is 1. The number of nitrogens with two attached hydrogens (primary N) is 1. The van der Waals surface area contributed by atoms with Crippen LogP contribution in [-0.4, -0.2) is 66.6 Å². The number of hydrogen-bond donors (Lipinski definition) is 2. The number of piperidine rings is 1. The number of nitrogens with zero attached hydrogens (tertiary/aromatic N) is 2. The number of carbonyl (C=O) groups is 3. The summed E-state index contributed by atoms with van der Waals surface area (Å²) in [5, 5.41) is 9.89. The number of carbonyl (C=O) groups excluding carboxylic acids is 2. The first-order chi connectivity index (χ1) is 13.6. The number of primary amides is 1. The molecule has 2 bridgehead atoms. The number of amides is 3. The zero-order valence-electron chi connectivity index (χ0n) is 18.0. The molecule has 1 unspecified atom stereocenters. The fourth-order valence-electron chi connectivity index (χ4n) is 3.69. The summed E-state index contributed by atoms with van der Waals surface area (Å²) in [5.41, 5.74) is 4.01. The lowest BCUT2D eigenvalue weighted by Gasteiger charge is -2.42. The quantitative estimate of drug-likeness (QED) is 0.502. The van der Waals surface area contributed by atoms with Crippen LogP contribution in [0.25, 0.3) is 0 Å². The molecular weight excluding hydrogens is 418 g/mol. The molecule has 2 rings (SSSR count). The SMILES string of the molecule is CC(CC(C)(C)C(C)(C)COS(=O)(=O)ON1C(=O)N2C[C@H]1CC[C@H]2C(N)=O)C(=O)O. The third kappa shape index (κ3) is 5.03. The molecule has 0 spiro atoms. The predicted octanol–water partition coefficient (Wildman–Crippen LogP) is 1.10. The van der Waals surface area contributed by atoms with Gasteiger partial charge in [-0.25, -0.2) is 8.98 Å². The molecule has 0 aromatic carbocycles. The van der Waals surface area contributed by atoms with E-state index in [9.17, 15) is 22.8 Å². The van der Waals surface area contributed by atoms with Crippen LogP contribution in [0.4, 0.5) is 4.79 Å². The number of hydrogen-bond acceptors (Lipinski definition) is 7. The van der Waals surface area contributed by atoms with Crippen molar-refractivity contribution in [1.29, 1.82) is 0 Å². The van der Waals surface area contributed by atoms with Crippen molar-refractivity contribution >= 4 is 28.3 Å². The molecular formula is C18H31N3O8S. The van der Waals surface area contributed by atoms with Crippen molar-refractivity contribution < 1.29 is 36.4 Å². The normalized spacial score (nSPS) is 23.6. The average molecular weight is 450 g/mol. The summed E-state index contributed by atoms with van der Waals surface area (Å²) in [6.45, 7) is 8.69. The van der Waals surface area contributed by atoms with E-state index in [0.717, 1.165) is 5.06 Å². The highest BCUT2D eigenvalue weighted by molar-refractivity contribution is 7.81. The molecule has 3 N–H and O–H groups in total. The van der Waals surface area contributed by atoms with E-state index in [1.54, 1.807) is 20.8 Å². The van der Waals surface area contributed by atoms with E-state index in [2.05, 4.69) is 0 Å². The van der Waals surface area contributed by atoms with E-state index in [1.807, 2.05) is 13.8 Å². The molecule has 11 nitrogen and oxygen atoms in total. The highest BCUT2D eigenvalue weighted by atomic mass is 32.3. The lowest BCUT2D eigenvalue weighted by molar-refractivity contribution is -0.143. The van der Waals surface area contributed by atoms with Gasteiger partial charge in [0.05, 0.1) is 18.6 Å². The smallest absolute Gasteiger partial charge is 0.421 e. The van der Waals surface area contributed by atoms with Crippen LogP contribution in [0.5, 0.6) is 0 Å². The Morgan fingerprint density at radius 3 is 2.37 bits per heavy atom. The summed E-state index contributed by atoms with van der Waals surface area (Å²) in [5.74, 6) is -2.19. The van der Waals surface area contributed by atoms with Crippen molar-refractivity contribution in [2.45, 2.75) is 66.0 Å². The Hall–Kier alpha value is -1.92. The summed E-state index contributed by atoms with van der Waals surface area (Å²) in [6.07, 6.45) is 1.02. The maximum absolute atomic E-state index is 12.5. The molecule has 2 saturated heterocycles. The number of fused-ring (bicyclic) bond motifs is 2. The van der Waals surface area contributed by atoms with Crippen LogP contribution in [0.3, 0.4) is 0 Å². The molecule has 3 amide bonds. The van der Waals surface area contributed by atoms with E-state index in [1.165, 1.54) is 4.90 Å². The van der Waals surface area contributed by atoms with E-state index in [4.69, 9.17) is 19.3 Å². The minimum absolute atomic E-state index is 0.146. The van der Waals surface area contributed by atoms with E-state index >= 15 is 0 Å². The first-order valence-corrected chi connectivity index (χ1v) is 11.1. The van der Waals surface area contributed by atoms with E-state index < -0.39 is 57.1 Å². The molecule has 0 aliphatic carbocycles. The van der Waals surface area contributed by atoms with Crippen molar-refractivity contribution in [1.82, 2.24) is 9.96 Å². The molecule has 2 aliphatic rings. The van der Waals surface area contributed by atoms with E-state index in [0.29, 0.717) is 19.3 Å². The highest BCUT2D eigenvalue weighted by Gasteiger charge is 2.49. The number of carboxylic acids is 1. The van der Waals surface area contributed by atoms with Gasteiger partial charge in [0, 0.05) is 6.54 Å². The Bertz CT molecular complexity index is 810. The number of aliphatic carboxylic acids is 1. The van der Waals surface area contributed by atoms with Gasteiger partial charge >= 0.3 is 22.4 Å². The largest absolute Gasteiger partial charge is 0.481 e. The number of rotatable bonds is 10. The predicted molar refractivity (Wildman–Crippen MR) is 105 cm³/mol. The molecule has 30 heavy (non-hydrogen) atoms. The summed E-state index contributed by atoms with van der Waals surface area (Å²) in [6, 6.07) is -2.06. The summed E-state index contributed by atoms with van der Waals surface area (Å²) in [4.78, 5) is 36.3. The van der Waals surface area contributed by atoms with Gasteiger partial charge in [0.1, 0.15) is 6.04 Å². The van der Waals surface area contributed by atoms with Crippen molar-refractivity contribution in [3.63, 3.8) is 0 Å². The monoisotopic (exact) mass is 449 g/mol. The van der Waals surface area contributed by atoms with Gasteiger partial charge in [-0.15, -0.1) is 4.28 Å². The molecule has 2 aliphatic heterocycles. The van der Waals surface area contributed by atoms with Crippen LogP contribution in [-0.2, 0) is 28.5 Å². The third-order valence-corrected chi connectivity index (χ3v) is 7.21.